The van der Waals surface area contributed by atoms with Crippen LogP contribution < -0.4 is 5.43 Å². The number of rotatable bonds is 2. The second-order valence-corrected chi connectivity index (χ2v) is 3.47. The molecule has 3 heteroatoms. The quantitative estimate of drug-likeness (QED) is 0.817. The van der Waals surface area contributed by atoms with Crippen molar-refractivity contribution in [3.8, 4) is 5.75 Å². The zero-order valence-electron chi connectivity index (χ0n) is 8.49. The average Bonchev–Trinajstić information content (AvgIpc) is 2.23. The summed E-state index contributed by atoms with van der Waals surface area (Å²) in [5.41, 5.74) is 1.14. The van der Waals surface area contributed by atoms with Gasteiger partial charge in [-0.25, -0.2) is 0 Å². The number of aromatic hydroxyl groups is 1. The molecular formula is C12H12O3. The van der Waals surface area contributed by atoms with E-state index in [2.05, 4.69) is 0 Å². The first-order valence-electron chi connectivity index (χ1n) is 4.96. The first-order chi connectivity index (χ1) is 7.24. The monoisotopic (exact) mass is 204 g/mol. The Bertz CT molecular complexity index is 540. The van der Waals surface area contributed by atoms with E-state index in [9.17, 15) is 9.90 Å². The fraction of sp³-hybridized carbons (Fsp3) is 0.250. The highest BCUT2D eigenvalue weighted by molar-refractivity contribution is 5.81. The molecule has 2 rings (SSSR count). The summed E-state index contributed by atoms with van der Waals surface area (Å²) in [5.74, 6) is 0.193. The molecule has 15 heavy (non-hydrogen) atoms. The number of benzene rings is 1. The number of hydrogen-bond donors (Lipinski definition) is 1. The van der Waals surface area contributed by atoms with Crippen LogP contribution in [-0.2, 0) is 6.42 Å². The van der Waals surface area contributed by atoms with Crippen LogP contribution in [0.4, 0.5) is 0 Å². The molecule has 0 saturated heterocycles. The molecular weight excluding hydrogens is 192 g/mol. The summed E-state index contributed by atoms with van der Waals surface area (Å²) < 4.78 is 5.30. The van der Waals surface area contributed by atoms with E-state index in [0.29, 0.717) is 23.0 Å². The van der Waals surface area contributed by atoms with Crippen LogP contribution >= 0.6 is 0 Å². The fourth-order valence-electron chi connectivity index (χ4n) is 1.69. The maximum Gasteiger partial charge on any atom is 0.192 e. The molecule has 1 aromatic carbocycles. The van der Waals surface area contributed by atoms with E-state index in [0.717, 1.165) is 6.42 Å². The SMILES string of the molecule is CCCc1c(O)ccc2c(=O)ccoc12. The van der Waals surface area contributed by atoms with Gasteiger partial charge in [0.05, 0.1) is 11.6 Å². The van der Waals surface area contributed by atoms with Crippen LogP contribution in [0.2, 0.25) is 0 Å². The van der Waals surface area contributed by atoms with Crippen molar-refractivity contribution in [3.05, 3.63) is 40.2 Å². The van der Waals surface area contributed by atoms with Gasteiger partial charge in [0.25, 0.3) is 0 Å². The standard InChI is InChI=1S/C12H12O3/c1-2-3-8-10(13)5-4-9-11(14)6-7-15-12(8)9/h4-7,13H,2-3H2,1H3. The molecule has 0 aliphatic heterocycles. The number of fused-ring (bicyclic) bond motifs is 1. The van der Waals surface area contributed by atoms with Gasteiger partial charge < -0.3 is 9.52 Å². The number of phenols is 1. The van der Waals surface area contributed by atoms with Gasteiger partial charge in [-0.3, -0.25) is 4.79 Å². The van der Waals surface area contributed by atoms with Gasteiger partial charge in [0.1, 0.15) is 11.3 Å². The average molecular weight is 204 g/mol. The van der Waals surface area contributed by atoms with E-state index < -0.39 is 0 Å². The Balaban J connectivity index is 2.81. The first-order valence-corrected chi connectivity index (χ1v) is 4.96. The van der Waals surface area contributed by atoms with Crippen molar-refractivity contribution in [2.45, 2.75) is 19.8 Å². The molecule has 0 fully saturated rings. The highest BCUT2D eigenvalue weighted by Gasteiger charge is 2.09. The predicted octanol–water partition coefficient (Wildman–Crippen LogP) is 2.45. The molecule has 1 N–H and O–H groups in total. The molecule has 1 aromatic heterocycles. The Morgan fingerprint density at radius 2 is 2.13 bits per heavy atom. The third kappa shape index (κ3) is 1.61. The second kappa shape index (κ2) is 3.77. The molecule has 1 heterocycles. The van der Waals surface area contributed by atoms with E-state index in [4.69, 9.17) is 4.42 Å². The zero-order valence-corrected chi connectivity index (χ0v) is 8.49. The van der Waals surface area contributed by atoms with Gasteiger partial charge in [-0.1, -0.05) is 13.3 Å². The first kappa shape index (κ1) is 9.77. The molecule has 0 aliphatic carbocycles. The van der Waals surface area contributed by atoms with Crippen LogP contribution in [0.15, 0.2) is 33.7 Å². The molecule has 0 bridgehead atoms. The van der Waals surface area contributed by atoms with E-state index in [1.54, 1.807) is 12.1 Å². The molecule has 78 valence electrons. The number of phenolic OH excluding ortho intramolecular Hbond substituents is 1. The molecule has 0 atom stereocenters. The summed E-state index contributed by atoms with van der Waals surface area (Å²) in [6.07, 6.45) is 2.96. The lowest BCUT2D eigenvalue weighted by Crippen LogP contribution is -2.00. The van der Waals surface area contributed by atoms with Crippen LogP contribution in [0.3, 0.4) is 0 Å². The number of hydrogen-bond acceptors (Lipinski definition) is 3. The summed E-state index contributed by atoms with van der Waals surface area (Å²) in [5, 5.41) is 10.2. The Morgan fingerprint density at radius 1 is 1.33 bits per heavy atom. The van der Waals surface area contributed by atoms with Crippen molar-refractivity contribution in [3.63, 3.8) is 0 Å². The Morgan fingerprint density at radius 3 is 2.87 bits per heavy atom. The Kier molecular flexibility index (Phi) is 2.46. The predicted molar refractivity (Wildman–Crippen MR) is 58.1 cm³/mol. The van der Waals surface area contributed by atoms with Crippen LogP contribution in [0.1, 0.15) is 18.9 Å². The second-order valence-electron chi connectivity index (χ2n) is 3.47. The molecule has 0 unspecified atom stereocenters. The molecule has 3 nitrogen and oxygen atoms in total. The van der Waals surface area contributed by atoms with Crippen LogP contribution in [0.25, 0.3) is 11.0 Å². The summed E-state index contributed by atoms with van der Waals surface area (Å²) >= 11 is 0. The summed E-state index contributed by atoms with van der Waals surface area (Å²) in [4.78, 5) is 11.5. The fourth-order valence-corrected chi connectivity index (χ4v) is 1.69. The van der Waals surface area contributed by atoms with Crippen molar-refractivity contribution >= 4 is 11.0 Å². The normalized spacial score (nSPS) is 10.7. The smallest absolute Gasteiger partial charge is 0.192 e. The van der Waals surface area contributed by atoms with Crippen molar-refractivity contribution < 1.29 is 9.52 Å². The lowest BCUT2D eigenvalue weighted by atomic mass is 10.1. The van der Waals surface area contributed by atoms with Crippen molar-refractivity contribution in [1.82, 2.24) is 0 Å². The summed E-state index contributed by atoms with van der Waals surface area (Å²) in [6, 6.07) is 4.52. The van der Waals surface area contributed by atoms with Crippen LogP contribution in [0.5, 0.6) is 5.75 Å². The molecule has 2 aromatic rings. The molecule has 0 amide bonds. The minimum atomic E-state index is -0.0754. The van der Waals surface area contributed by atoms with Gasteiger partial charge >= 0.3 is 0 Å². The van der Waals surface area contributed by atoms with Crippen LogP contribution in [0, 0.1) is 0 Å². The minimum absolute atomic E-state index is 0.0754. The summed E-state index contributed by atoms with van der Waals surface area (Å²) in [7, 11) is 0. The van der Waals surface area contributed by atoms with Gasteiger partial charge in [0.15, 0.2) is 5.43 Å². The van der Waals surface area contributed by atoms with Crippen molar-refractivity contribution in [1.29, 1.82) is 0 Å². The maximum atomic E-state index is 11.5. The van der Waals surface area contributed by atoms with Gasteiger partial charge in [0.2, 0.25) is 0 Å². The minimum Gasteiger partial charge on any atom is -0.508 e. The third-order valence-electron chi connectivity index (χ3n) is 2.41. The Labute approximate surface area is 87.0 Å². The third-order valence-corrected chi connectivity index (χ3v) is 2.41. The number of aryl methyl sites for hydroxylation is 1. The Hall–Kier alpha value is -1.77. The largest absolute Gasteiger partial charge is 0.508 e. The van der Waals surface area contributed by atoms with Gasteiger partial charge in [-0.15, -0.1) is 0 Å². The van der Waals surface area contributed by atoms with Crippen molar-refractivity contribution in [2.24, 2.45) is 0 Å². The van der Waals surface area contributed by atoms with E-state index >= 15 is 0 Å². The van der Waals surface area contributed by atoms with E-state index in [1.807, 2.05) is 6.92 Å². The highest BCUT2D eigenvalue weighted by Crippen LogP contribution is 2.26. The topological polar surface area (TPSA) is 50.4 Å². The van der Waals surface area contributed by atoms with Gasteiger partial charge in [0, 0.05) is 11.6 Å². The van der Waals surface area contributed by atoms with Gasteiger partial charge in [-0.2, -0.15) is 0 Å². The lowest BCUT2D eigenvalue weighted by Gasteiger charge is -2.05. The highest BCUT2D eigenvalue weighted by atomic mass is 16.3. The molecule has 0 saturated carbocycles. The van der Waals surface area contributed by atoms with Gasteiger partial charge in [-0.05, 0) is 18.6 Å². The molecule has 0 spiro atoms. The van der Waals surface area contributed by atoms with Crippen molar-refractivity contribution in [2.75, 3.05) is 0 Å². The molecule has 0 radical (unpaired) electrons. The van der Waals surface area contributed by atoms with E-state index in [-0.39, 0.29) is 11.2 Å². The zero-order chi connectivity index (χ0) is 10.8. The summed E-state index contributed by atoms with van der Waals surface area (Å²) in [6.45, 7) is 2.01. The van der Waals surface area contributed by atoms with Crippen LogP contribution in [-0.4, -0.2) is 5.11 Å². The van der Waals surface area contributed by atoms with E-state index in [1.165, 1.54) is 12.3 Å². The maximum absolute atomic E-state index is 11.5. The lowest BCUT2D eigenvalue weighted by molar-refractivity contribution is 0.465. The molecule has 0 aliphatic rings.